The molecular weight excluding hydrogens is 469 g/mol. The summed E-state index contributed by atoms with van der Waals surface area (Å²) in [5.74, 6) is 0.810. The summed E-state index contributed by atoms with van der Waals surface area (Å²) in [7, 11) is 1.70. The molecule has 0 radical (unpaired) electrons. The van der Waals surface area contributed by atoms with Crippen LogP contribution in [0, 0.1) is 19.3 Å². The molecule has 0 fully saturated rings. The van der Waals surface area contributed by atoms with Crippen LogP contribution in [0.1, 0.15) is 57.0 Å². The molecule has 0 atom stereocenters. The lowest BCUT2D eigenvalue weighted by Crippen LogP contribution is -2.43. The zero-order valence-corrected chi connectivity index (χ0v) is 20.8. The van der Waals surface area contributed by atoms with Gasteiger partial charge in [0.2, 0.25) is 0 Å². The van der Waals surface area contributed by atoms with E-state index in [9.17, 15) is 5.11 Å². The molecule has 28 heavy (non-hydrogen) atoms. The first-order valence-corrected chi connectivity index (χ1v) is 10.1. The molecule has 0 aliphatic rings. The van der Waals surface area contributed by atoms with E-state index in [1.54, 1.807) is 7.11 Å². The van der Waals surface area contributed by atoms with E-state index in [1.165, 1.54) is 0 Å². The fourth-order valence-corrected chi connectivity index (χ4v) is 3.31. The van der Waals surface area contributed by atoms with Crippen molar-refractivity contribution in [3.8, 4) is 0 Å². The van der Waals surface area contributed by atoms with Gasteiger partial charge in [-0.3, -0.25) is 4.68 Å². The average molecular weight is 509 g/mol. The van der Waals surface area contributed by atoms with Crippen LogP contribution >= 0.6 is 24.0 Å². The molecule has 8 heteroatoms. The van der Waals surface area contributed by atoms with Gasteiger partial charge in [0.15, 0.2) is 5.96 Å². The monoisotopic (exact) mass is 509 g/mol. The van der Waals surface area contributed by atoms with Crippen molar-refractivity contribution in [3.63, 3.8) is 0 Å². The highest BCUT2D eigenvalue weighted by Gasteiger charge is 2.25. The largest absolute Gasteiger partial charge is 0.396 e. The fourth-order valence-electron chi connectivity index (χ4n) is 3.31. The van der Waals surface area contributed by atoms with E-state index in [1.807, 2.05) is 11.6 Å². The Kier molecular flexibility index (Phi) is 13.7. The van der Waals surface area contributed by atoms with E-state index in [2.05, 4.69) is 43.4 Å². The number of hydrogen-bond acceptors (Lipinski definition) is 4. The number of aliphatic hydroxyl groups excluding tert-OH is 1. The molecule has 0 saturated heterocycles. The number of guanidine groups is 1. The Bertz CT molecular complexity index is 585. The highest BCUT2D eigenvalue weighted by molar-refractivity contribution is 14.0. The van der Waals surface area contributed by atoms with Crippen LogP contribution in [0.3, 0.4) is 0 Å². The van der Waals surface area contributed by atoms with Crippen molar-refractivity contribution in [2.45, 2.75) is 67.0 Å². The molecule has 0 saturated carbocycles. The molecule has 3 N–H and O–H groups in total. The average Bonchev–Trinajstić information content (AvgIpc) is 2.94. The first-order valence-electron chi connectivity index (χ1n) is 10.1. The molecule has 0 aliphatic carbocycles. The fraction of sp³-hybridized carbons (Fsp3) is 0.800. The molecule has 0 unspecified atom stereocenters. The number of ether oxygens (including phenoxy) is 1. The van der Waals surface area contributed by atoms with Gasteiger partial charge in [-0.15, -0.1) is 24.0 Å². The Morgan fingerprint density at radius 1 is 1.21 bits per heavy atom. The summed E-state index contributed by atoms with van der Waals surface area (Å²) in [4.78, 5) is 4.78. The van der Waals surface area contributed by atoms with Gasteiger partial charge in [0.25, 0.3) is 0 Å². The van der Waals surface area contributed by atoms with E-state index in [0.717, 1.165) is 61.8 Å². The summed E-state index contributed by atoms with van der Waals surface area (Å²) in [6.07, 6.45) is 2.86. The first kappa shape index (κ1) is 27.1. The minimum atomic E-state index is 0. The van der Waals surface area contributed by atoms with Crippen LogP contribution in [0.25, 0.3) is 0 Å². The zero-order chi connectivity index (χ0) is 20.3. The zero-order valence-electron chi connectivity index (χ0n) is 18.5. The van der Waals surface area contributed by atoms with E-state index in [4.69, 9.17) is 9.73 Å². The molecule has 0 aliphatic heterocycles. The molecule has 1 aromatic rings. The van der Waals surface area contributed by atoms with Crippen LogP contribution in [0.2, 0.25) is 0 Å². The Hall–Kier alpha value is -0.870. The van der Waals surface area contributed by atoms with Gasteiger partial charge in [-0.05, 0) is 45.4 Å². The van der Waals surface area contributed by atoms with Crippen LogP contribution < -0.4 is 10.6 Å². The van der Waals surface area contributed by atoms with Gasteiger partial charge in [-0.2, -0.15) is 5.10 Å². The Morgan fingerprint density at radius 2 is 1.89 bits per heavy atom. The van der Waals surface area contributed by atoms with Gasteiger partial charge in [-0.25, -0.2) is 4.99 Å². The summed E-state index contributed by atoms with van der Waals surface area (Å²) in [6.45, 7) is 14.4. The minimum Gasteiger partial charge on any atom is -0.396 e. The summed E-state index contributed by atoms with van der Waals surface area (Å²) < 4.78 is 7.15. The lowest BCUT2D eigenvalue weighted by molar-refractivity contribution is 0.169. The van der Waals surface area contributed by atoms with Gasteiger partial charge in [-0.1, -0.05) is 13.8 Å². The summed E-state index contributed by atoms with van der Waals surface area (Å²) in [5, 5.41) is 20.8. The van der Waals surface area contributed by atoms with E-state index >= 15 is 0 Å². The molecule has 0 bridgehead atoms. The van der Waals surface area contributed by atoms with Crippen LogP contribution in [-0.2, 0) is 17.8 Å². The number of halogens is 1. The number of methoxy groups -OCH3 is 1. The maximum atomic E-state index is 9.42. The minimum absolute atomic E-state index is 0. The normalized spacial score (nSPS) is 12.0. The topological polar surface area (TPSA) is 83.7 Å². The van der Waals surface area contributed by atoms with Gasteiger partial charge >= 0.3 is 0 Å². The number of aliphatic imine (C=N–C) groups is 1. The smallest absolute Gasteiger partial charge is 0.191 e. The van der Waals surface area contributed by atoms with E-state index in [-0.39, 0.29) is 36.0 Å². The molecule has 0 spiro atoms. The lowest BCUT2D eigenvalue weighted by Gasteiger charge is -2.32. The predicted molar refractivity (Wildman–Crippen MR) is 127 cm³/mol. The Balaban J connectivity index is 0.00000729. The van der Waals surface area contributed by atoms with Gasteiger partial charge in [0, 0.05) is 38.1 Å². The van der Waals surface area contributed by atoms with E-state index in [0.29, 0.717) is 13.2 Å². The predicted octanol–water partition coefficient (Wildman–Crippen LogP) is 3.01. The molecule has 7 nitrogen and oxygen atoms in total. The molecule has 1 rings (SSSR count). The molecule has 0 aromatic carbocycles. The summed E-state index contributed by atoms with van der Waals surface area (Å²) >= 11 is 0. The third-order valence-corrected chi connectivity index (χ3v) is 5.55. The number of hydrogen-bond donors (Lipinski definition) is 3. The number of aliphatic hydroxyl groups is 1. The standard InChI is InChI=1S/C20H39N5O2.HI/c1-7-20(8-2,10-12-26)15-23-19(21-9-3)22-14-18-16(4)24-25(17(18)5)11-13-27-6;/h26H,7-15H2,1-6H3,(H2,21,22,23);1H. The number of nitrogens with one attached hydrogen (secondary N) is 2. The first-order chi connectivity index (χ1) is 13.0. The van der Waals surface area contributed by atoms with E-state index < -0.39 is 0 Å². The van der Waals surface area contributed by atoms with Crippen molar-refractivity contribution in [1.29, 1.82) is 0 Å². The number of nitrogens with zero attached hydrogens (tertiary/aromatic N) is 3. The molecule has 0 amide bonds. The Morgan fingerprint density at radius 3 is 2.43 bits per heavy atom. The van der Waals surface area contributed by atoms with Crippen LogP contribution in [0.4, 0.5) is 0 Å². The van der Waals surface area contributed by atoms with Crippen molar-refractivity contribution in [3.05, 3.63) is 17.0 Å². The Labute approximate surface area is 187 Å². The van der Waals surface area contributed by atoms with Crippen LogP contribution in [0.5, 0.6) is 0 Å². The summed E-state index contributed by atoms with van der Waals surface area (Å²) in [5.41, 5.74) is 3.42. The van der Waals surface area contributed by atoms with Crippen molar-refractivity contribution >= 4 is 29.9 Å². The highest BCUT2D eigenvalue weighted by atomic mass is 127. The third-order valence-electron chi connectivity index (χ3n) is 5.55. The SMILES string of the molecule is CCNC(=NCc1c(C)nn(CCOC)c1C)NCC(CC)(CC)CCO.I. The number of aromatic nitrogens is 2. The molecular formula is C20H40IN5O2. The van der Waals surface area contributed by atoms with Crippen molar-refractivity contribution in [2.75, 3.05) is 33.4 Å². The second-order valence-corrected chi connectivity index (χ2v) is 7.09. The van der Waals surface area contributed by atoms with Crippen molar-refractivity contribution in [2.24, 2.45) is 10.4 Å². The highest BCUT2D eigenvalue weighted by Crippen LogP contribution is 2.29. The van der Waals surface area contributed by atoms with Crippen LogP contribution in [-0.4, -0.2) is 54.3 Å². The number of rotatable bonds is 12. The van der Waals surface area contributed by atoms with Gasteiger partial charge < -0.3 is 20.5 Å². The molecule has 164 valence electrons. The van der Waals surface area contributed by atoms with Crippen molar-refractivity contribution in [1.82, 2.24) is 20.4 Å². The molecule has 1 heterocycles. The number of aryl methyl sites for hydroxylation is 1. The second-order valence-electron chi connectivity index (χ2n) is 7.09. The van der Waals surface area contributed by atoms with Crippen molar-refractivity contribution < 1.29 is 9.84 Å². The summed E-state index contributed by atoms with van der Waals surface area (Å²) in [6, 6.07) is 0. The third kappa shape index (κ3) is 7.87. The second kappa shape index (κ2) is 14.2. The van der Waals surface area contributed by atoms with Crippen LogP contribution in [0.15, 0.2) is 4.99 Å². The van der Waals surface area contributed by atoms with Gasteiger partial charge in [0.1, 0.15) is 0 Å². The lowest BCUT2D eigenvalue weighted by atomic mass is 9.79. The quantitative estimate of drug-likeness (QED) is 0.229. The maximum absolute atomic E-state index is 9.42. The molecule has 1 aromatic heterocycles. The van der Waals surface area contributed by atoms with Gasteiger partial charge in [0.05, 0.1) is 25.4 Å². The maximum Gasteiger partial charge on any atom is 0.191 e.